The monoisotopic (exact) mass is 176 g/mol. The Morgan fingerprint density at radius 2 is 2.40 bits per heavy atom. The summed E-state index contributed by atoms with van der Waals surface area (Å²) in [6.07, 6.45) is 0. The van der Waals surface area contributed by atoms with Gasteiger partial charge < -0.3 is 5.73 Å². The van der Waals surface area contributed by atoms with Crippen LogP contribution in [0.15, 0.2) is 0 Å². The number of hydrogen-bond donors (Lipinski definition) is 1. The van der Waals surface area contributed by atoms with Gasteiger partial charge in [-0.15, -0.1) is 0 Å². The maximum Gasteiger partial charge on any atom is 0.269 e. The molecule has 0 radical (unpaired) electrons. The molecule has 0 atom stereocenters. The molecule has 0 bridgehead atoms. The van der Waals surface area contributed by atoms with Crippen molar-refractivity contribution in [2.75, 3.05) is 0 Å². The van der Waals surface area contributed by atoms with Crippen LogP contribution in [0.2, 0.25) is 5.02 Å². The highest BCUT2D eigenvalue weighted by molar-refractivity contribution is 7.06. The Balaban J connectivity index is 3.17. The zero-order valence-corrected chi connectivity index (χ0v) is 6.79. The van der Waals surface area contributed by atoms with Crippen LogP contribution in [0.25, 0.3) is 0 Å². The van der Waals surface area contributed by atoms with Crippen LogP contribution < -0.4 is 5.73 Å². The van der Waals surface area contributed by atoms with Gasteiger partial charge in [0.2, 0.25) is 0 Å². The quantitative estimate of drug-likeness (QED) is 0.699. The Kier molecular flexibility index (Phi) is 1.92. The lowest BCUT2D eigenvalue weighted by Crippen LogP contribution is -2.11. The Hall–Kier alpha value is -0.610. The van der Waals surface area contributed by atoms with Crippen LogP contribution in [-0.2, 0) is 0 Å². The Labute approximate surface area is 67.0 Å². The maximum atomic E-state index is 10.5. The summed E-state index contributed by atoms with van der Waals surface area (Å²) in [5.74, 6) is -0.575. The second kappa shape index (κ2) is 2.56. The fraction of sp³-hybridized carbons (Fsp3) is 0.200. The number of nitrogens with two attached hydrogens (primary N) is 1. The van der Waals surface area contributed by atoms with E-state index in [-0.39, 0.29) is 5.69 Å². The van der Waals surface area contributed by atoms with E-state index in [1.807, 2.05) is 0 Å². The number of aromatic nitrogens is 1. The van der Waals surface area contributed by atoms with Gasteiger partial charge in [0.1, 0.15) is 0 Å². The fourth-order valence-corrected chi connectivity index (χ4v) is 1.39. The van der Waals surface area contributed by atoms with Crippen LogP contribution in [0, 0.1) is 6.92 Å². The third-order valence-electron chi connectivity index (χ3n) is 1.02. The van der Waals surface area contributed by atoms with Crippen molar-refractivity contribution in [2.24, 2.45) is 5.73 Å². The molecule has 54 valence electrons. The van der Waals surface area contributed by atoms with E-state index in [1.165, 1.54) is 11.5 Å². The molecule has 1 aromatic heterocycles. The van der Waals surface area contributed by atoms with E-state index < -0.39 is 5.91 Å². The van der Waals surface area contributed by atoms with Crippen LogP contribution in [0.3, 0.4) is 0 Å². The predicted molar refractivity (Wildman–Crippen MR) is 40.4 cm³/mol. The van der Waals surface area contributed by atoms with Gasteiger partial charge in [-0.2, -0.15) is 4.37 Å². The fourth-order valence-electron chi connectivity index (χ4n) is 0.514. The standard InChI is InChI=1S/C5H5ClN2OS/c1-2-3(6)4(5(7)9)8-10-2/h1H3,(H2,7,9). The third-order valence-corrected chi connectivity index (χ3v) is 2.35. The van der Waals surface area contributed by atoms with Gasteiger partial charge in [-0.05, 0) is 18.5 Å². The van der Waals surface area contributed by atoms with Crippen molar-refractivity contribution < 1.29 is 4.79 Å². The molecule has 5 heteroatoms. The minimum Gasteiger partial charge on any atom is -0.364 e. The minimum atomic E-state index is -0.575. The number of aryl methyl sites for hydroxylation is 1. The first-order valence-electron chi connectivity index (χ1n) is 2.54. The molecular formula is C5H5ClN2OS. The molecule has 0 unspecified atom stereocenters. The zero-order chi connectivity index (χ0) is 7.72. The van der Waals surface area contributed by atoms with Gasteiger partial charge >= 0.3 is 0 Å². The summed E-state index contributed by atoms with van der Waals surface area (Å²) in [5.41, 5.74) is 5.12. The molecule has 10 heavy (non-hydrogen) atoms. The molecule has 0 fully saturated rings. The number of hydrogen-bond acceptors (Lipinski definition) is 3. The summed E-state index contributed by atoms with van der Waals surface area (Å²) in [6.45, 7) is 1.78. The highest BCUT2D eigenvalue weighted by atomic mass is 35.5. The molecule has 1 aromatic rings. The molecule has 0 spiro atoms. The number of amides is 1. The van der Waals surface area contributed by atoms with Crippen LogP contribution in [0.4, 0.5) is 0 Å². The summed E-state index contributed by atoms with van der Waals surface area (Å²) < 4.78 is 3.75. The van der Waals surface area contributed by atoms with Crippen molar-refractivity contribution in [1.29, 1.82) is 0 Å². The number of nitrogens with zero attached hydrogens (tertiary/aromatic N) is 1. The number of carbonyl (C=O) groups is 1. The molecule has 0 saturated heterocycles. The topological polar surface area (TPSA) is 56.0 Å². The molecular weight excluding hydrogens is 172 g/mol. The minimum absolute atomic E-state index is 0.171. The molecule has 0 aliphatic rings. The van der Waals surface area contributed by atoms with Gasteiger partial charge in [0.05, 0.1) is 5.02 Å². The van der Waals surface area contributed by atoms with Gasteiger partial charge in [0.25, 0.3) is 5.91 Å². The van der Waals surface area contributed by atoms with E-state index in [2.05, 4.69) is 4.37 Å². The number of halogens is 1. The molecule has 2 N–H and O–H groups in total. The van der Waals surface area contributed by atoms with Gasteiger partial charge in [-0.1, -0.05) is 11.6 Å². The lowest BCUT2D eigenvalue weighted by molar-refractivity contribution is 0.0997. The number of primary amides is 1. The summed E-state index contributed by atoms with van der Waals surface area (Å²) >= 11 is 6.83. The van der Waals surface area contributed by atoms with E-state index >= 15 is 0 Å². The van der Waals surface area contributed by atoms with E-state index in [0.29, 0.717) is 5.02 Å². The molecule has 1 amide bonds. The average Bonchev–Trinajstić information content (AvgIpc) is 2.14. The summed E-state index contributed by atoms with van der Waals surface area (Å²) in [6, 6.07) is 0. The first kappa shape index (κ1) is 7.50. The molecule has 0 aliphatic carbocycles. The Morgan fingerprint density at radius 3 is 2.60 bits per heavy atom. The molecule has 0 aromatic carbocycles. The normalized spacial score (nSPS) is 9.80. The Morgan fingerprint density at radius 1 is 1.80 bits per heavy atom. The van der Waals surface area contributed by atoms with Gasteiger partial charge in [0.15, 0.2) is 5.69 Å². The highest BCUT2D eigenvalue weighted by Gasteiger charge is 2.12. The smallest absolute Gasteiger partial charge is 0.269 e. The van der Waals surface area contributed by atoms with Gasteiger partial charge in [-0.3, -0.25) is 4.79 Å². The van der Waals surface area contributed by atoms with Gasteiger partial charge in [0, 0.05) is 4.88 Å². The first-order chi connectivity index (χ1) is 4.63. The predicted octanol–water partition coefficient (Wildman–Crippen LogP) is 1.20. The molecule has 0 aliphatic heterocycles. The summed E-state index contributed by atoms with van der Waals surface area (Å²) in [5, 5.41) is 0.373. The molecule has 3 nitrogen and oxygen atoms in total. The SMILES string of the molecule is Cc1snc(C(N)=O)c1Cl. The number of rotatable bonds is 1. The second-order valence-corrected chi connectivity index (χ2v) is 3.12. The van der Waals surface area contributed by atoms with Crippen LogP contribution in [-0.4, -0.2) is 10.3 Å². The molecule has 0 saturated carbocycles. The third kappa shape index (κ3) is 1.12. The van der Waals surface area contributed by atoms with E-state index in [0.717, 1.165) is 4.88 Å². The second-order valence-electron chi connectivity index (χ2n) is 1.77. The zero-order valence-electron chi connectivity index (χ0n) is 5.22. The van der Waals surface area contributed by atoms with E-state index in [9.17, 15) is 4.79 Å². The Bertz CT molecular complexity index is 271. The average molecular weight is 177 g/mol. The van der Waals surface area contributed by atoms with Crippen molar-refractivity contribution in [3.63, 3.8) is 0 Å². The number of carbonyl (C=O) groups excluding carboxylic acids is 1. The largest absolute Gasteiger partial charge is 0.364 e. The van der Waals surface area contributed by atoms with E-state index in [1.54, 1.807) is 6.92 Å². The van der Waals surface area contributed by atoms with Crippen molar-refractivity contribution in [3.8, 4) is 0 Å². The first-order valence-corrected chi connectivity index (χ1v) is 3.69. The highest BCUT2D eigenvalue weighted by Crippen LogP contribution is 2.22. The lowest BCUT2D eigenvalue weighted by Gasteiger charge is -1.86. The van der Waals surface area contributed by atoms with Crippen molar-refractivity contribution in [3.05, 3.63) is 15.6 Å². The van der Waals surface area contributed by atoms with Gasteiger partial charge in [-0.25, -0.2) is 0 Å². The lowest BCUT2D eigenvalue weighted by atomic mass is 10.4. The van der Waals surface area contributed by atoms with Crippen LogP contribution >= 0.6 is 23.1 Å². The summed E-state index contributed by atoms with van der Waals surface area (Å²) in [4.78, 5) is 11.3. The van der Waals surface area contributed by atoms with Crippen LogP contribution in [0.1, 0.15) is 15.4 Å². The summed E-state index contributed by atoms with van der Waals surface area (Å²) in [7, 11) is 0. The molecule has 1 rings (SSSR count). The van der Waals surface area contributed by atoms with Crippen molar-refractivity contribution >= 4 is 29.0 Å². The van der Waals surface area contributed by atoms with Crippen molar-refractivity contribution in [1.82, 2.24) is 4.37 Å². The van der Waals surface area contributed by atoms with Crippen LogP contribution in [0.5, 0.6) is 0 Å². The van der Waals surface area contributed by atoms with Crippen molar-refractivity contribution in [2.45, 2.75) is 6.92 Å². The van der Waals surface area contributed by atoms with E-state index in [4.69, 9.17) is 17.3 Å². The maximum absolute atomic E-state index is 10.5. The molecule has 1 heterocycles.